The van der Waals surface area contributed by atoms with Crippen LogP contribution in [0.2, 0.25) is 0 Å². The van der Waals surface area contributed by atoms with Crippen molar-refractivity contribution in [1.82, 2.24) is 5.32 Å². The topological polar surface area (TPSA) is 76.7 Å². The predicted molar refractivity (Wildman–Crippen MR) is 75.7 cm³/mol. The highest BCUT2D eigenvalue weighted by Gasteiger charge is 2.19. The normalized spacial score (nSPS) is 11.3. The second-order valence-corrected chi connectivity index (χ2v) is 4.12. The minimum atomic E-state index is -0.728. The van der Waals surface area contributed by atoms with E-state index in [0.29, 0.717) is 6.61 Å². The van der Waals surface area contributed by atoms with Crippen LogP contribution < -0.4 is 15.4 Å². The number of anilines is 1. The lowest BCUT2D eigenvalue weighted by Gasteiger charge is -2.17. The second kappa shape index (κ2) is 8.04. The van der Waals surface area contributed by atoms with Gasteiger partial charge in [0.1, 0.15) is 11.8 Å². The van der Waals surface area contributed by atoms with Gasteiger partial charge in [0.2, 0.25) is 5.91 Å². The number of nitrogens with one attached hydrogen (secondary N) is 2. The zero-order chi connectivity index (χ0) is 15.0. The molecule has 0 bridgehead atoms. The molecule has 1 atom stereocenters. The van der Waals surface area contributed by atoms with E-state index in [-0.39, 0.29) is 12.5 Å². The SMILES string of the molecule is CCOc1cccc(NCC(NC(C)=O)C(=O)OC)c1. The molecule has 110 valence electrons. The van der Waals surface area contributed by atoms with Gasteiger partial charge in [0.25, 0.3) is 0 Å². The lowest BCUT2D eigenvalue weighted by Crippen LogP contribution is -2.45. The first-order valence-corrected chi connectivity index (χ1v) is 6.38. The predicted octanol–water partition coefficient (Wildman–Crippen LogP) is 1.17. The van der Waals surface area contributed by atoms with Gasteiger partial charge in [-0.15, -0.1) is 0 Å². The molecule has 1 rings (SSSR count). The molecule has 0 radical (unpaired) electrons. The summed E-state index contributed by atoms with van der Waals surface area (Å²) in [6.07, 6.45) is 0. The largest absolute Gasteiger partial charge is 0.494 e. The molecule has 1 aromatic rings. The zero-order valence-corrected chi connectivity index (χ0v) is 11.9. The fourth-order valence-electron chi connectivity index (χ4n) is 1.66. The van der Waals surface area contributed by atoms with E-state index in [1.165, 1.54) is 14.0 Å². The van der Waals surface area contributed by atoms with Gasteiger partial charge in [-0.3, -0.25) is 4.79 Å². The average Bonchev–Trinajstić information content (AvgIpc) is 2.43. The molecule has 0 spiro atoms. The molecule has 2 N–H and O–H groups in total. The minimum Gasteiger partial charge on any atom is -0.494 e. The van der Waals surface area contributed by atoms with Crippen molar-refractivity contribution in [3.63, 3.8) is 0 Å². The summed E-state index contributed by atoms with van der Waals surface area (Å²) in [6.45, 7) is 4.08. The van der Waals surface area contributed by atoms with E-state index >= 15 is 0 Å². The second-order valence-electron chi connectivity index (χ2n) is 4.12. The number of amides is 1. The molecule has 0 saturated carbocycles. The van der Waals surface area contributed by atoms with Crippen LogP contribution in [0, 0.1) is 0 Å². The fourth-order valence-corrected chi connectivity index (χ4v) is 1.66. The first-order valence-electron chi connectivity index (χ1n) is 6.38. The molecule has 0 aliphatic heterocycles. The number of ether oxygens (including phenoxy) is 2. The summed E-state index contributed by atoms with van der Waals surface area (Å²) < 4.78 is 10.0. The third-order valence-corrected chi connectivity index (χ3v) is 2.52. The van der Waals surface area contributed by atoms with Crippen molar-refractivity contribution in [3.05, 3.63) is 24.3 Å². The molecule has 6 nitrogen and oxygen atoms in total. The van der Waals surface area contributed by atoms with Gasteiger partial charge in [0.05, 0.1) is 13.7 Å². The number of carbonyl (C=O) groups excluding carboxylic acids is 2. The number of benzene rings is 1. The monoisotopic (exact) mass is 280 g/mol. The Balaban J connectivity index is 2.64. The fraction of sp³-hybridized carbons (Fsp3) is 0.429. The van der Waals surface area contributed by atoms with Gasteiger partial charge >= 0.3 is 5.97 Å². The van der Waals surface area contributed by atoms with Crippen LogP contribution in [-0.2, 0) is 14.3 Å². The van der Waals surface area contributed by atoms with Gasteiger partial charge in [-0.05, 0) is 19.1 Å². The average molecular weight is 280 g/mol. The van der Waals surface area contributed by atoms with Crippen LogP contribution in [0.4, 0.5) is 5.69 Å². The number of hydrogen-bond acceptors (Lipinski definition) is 5. The summed E-state index contributed by atoms with van der Waals surface area (Å²) >= 11 is 0. The Kier molecular flexibility index (Phi) is 6.36. The zero-order valence-electron chi connectivity index (χ0n) is 11.9. The van der Waals surface area contributed by atoms with Crippen LogP contribution in [0.1, 0.15) is 13.8 Å². The molecule has 6 heteroatoms. The first kappa shape index (κ1) is 15.8. The third kappa shape index (κ3) is 5.17. The molecule has 0 aromatic heterocycles. The Morgan fingerprint density at radius 1 is 1.35 bits per heavy atom. The van der Waals surface area contributed by atoms with Gasteiger partial charge in [-0.2, -0.15) is 0 Å². The number of esters is 1. The van der Waals surface area contributed by atoms with Crippen molar-refractivity contribution in [2.75, 3.05) is 25.6 Å². The van der Waals surface area contributed by atoms with Gasteiger partial charge in [0, 0.05) is 25.2 Å². The van der Waals surface area contributed by atoms with Crippen LogP contribution >= 0.6 is 0 Å². The maximum atomic E-state index is 11.5. The Labute approximate surface area is 118 Å². The van der Waals surface area contributed by atoms with Crippen molar-refractivity contribution in [1.29, 1.82) is 0 Å². The summed E-state index contributed by atoms with van der Waals surface area (Å²) in [7, 11) is 1.28. The van der Waals surface area contributed by atoms with Crippen molar-refractivity contribution in [2.45, 2.75) is 19.9 Å². The number of rotatable bonds is 7. The lowest BCUT2D eigenvalue weighted by atomic mass is 10.2. The molecule has 0 aliphatic rings. The van der Waals surface area contributed by atoms with E-state index in [4.69, 9.17) is 4.74 Å². The molecule has 1 aromatic carbocycles. The van der Waals surface area contributed by atoms with E-state index in [9.17, 15) is 9.59 Å². The summed E-state index contributed by atoms with van der Waals surface area (Å²) in [5, 5.41) is 5.60. The quantitative estimate of drug-likeness (QED) is 0.733. The van der Waals surface area contributed by atoms with Crippen LogP contribution in [0.15, 0.2) is 24.3 Å². The highest BCUT2D eigenvalue weighted by molar-refractivity contribution is 5.83. The first-order chi connectivity index (χ1) is 9.56. The third-order valence-electron chi connectivity index (χ3n) is 2.52. The van der Waals surface area contributed by atoms with Crippen LogP contribution in [0.5, 0.6) is 5.75 Å². The molecule has 1 unspecified atom stereocenters. The number of carbonyl (C=O) groups is 2. The summed E-state index contributed by atoms with van der Waals surface area (Å²) in [5.74, 6) is -0.0365. The van der Waals surface area contributed by atoms with Gasteiger partial charge in [-0.1, -0.05) is 6.07 Å². The Morgan fingerprint density at radius 3 is 2.70 bits per heavy atom. The van der Waals surface area contributed by atoms with Gasteiger partial charge < -0.3 is 20.1 Å². The van der Waals surface area contributed by atoms with E-state index < -0.39 is 12.0 Å². The number of methoxy groups -OCH3 is 1. The van der Waals surface area contributed by atoms with E-state index in [0.717, 1.165) is 11.4 Å². The van der Waals surface area contributed by atoms with E-state index in [2.05, 4.69) is 15.4 Å². The van der Waals surface area contributed by atoms with E-state index in [1.54, 1.807) is 0 Å². The highest BCUT2D eigenvalue weighted by Crippen LogP contribution is 2.17. The van der Waals surface area contributed by atoms with Crippen molar-refractivity contribution in [2.24, 2.45) is 0 Å². The molecular formula is C14H20N2O4. The van der Waals surface area contributed by atoms with Gasteiger partial charge in [-0.25, -0.2) is 4.79 Å². The van der Waals surface area contributed by atoms with Crippen LogP contribution in [-0.4, -0.2) is 38.2 Å². The molecule has 0 heterocycles. The molecule has 0 aliphatic carbocycles. The smallest absolute Gasteiger partial charge is 0.330 e. The van der Waals surface area contributed by atoms with Crippen molar-refractivity contribution >= 4 is 17.6 Å². The van der Waals surface area contributed by atoms with E-state index in [1.807, 2.05) is 31.2 Å². The summed E-state index contributed by atoms with van der Waals surface area (Å²) in [6, 6.07) is 6.64. The molecule has 0 saturated heterocycles. The van der Waals surface area contributed by atoms with Crippen LogP contribution in [0.3, 0.4) is 0 Å². The van der Waals surface area contributed by atoms with Crippen molar-refractivity contribution in [3.8, 4) is 5.75 Å². The maximum absolute atomic E-state index is 11.5. The molecular weight excluding hydrogens is 260 g/mol. The molecule has 20 heavy (non-hydrogen) atoms. The highest BCUT2D eigenvalue weighted by atomic mass is 16.5. The number of hydrogen-bond donors (Lipinski definition) is 2. The Morgan fingerprint density at radius 2 is 2.10 bits per heavy atom. The molecule has 0 fully saturated rings. The summed E-state index contributed by atoms with van der Waals surface area (Å²) in [5.41, 5.74) is 0.801. The van der Waals surface area contributed by atoms with Crippen molar-refractivity contribution < 1.29 is 19.1 Å². The summed E-state index contributed by atoms with van der Waals surface area (Å²) in [4.78, 5) is 22.6. The molecule has 1 amide bonds. The minimum absolute atomic E-state index is 0.238. The Bertz CT molecular complexity index is 462. The maximum Gasteiger partial charge on any atom is 0.330 e. The van der Waals surface area contributed by atoms with Gasteiger partial charge in [0.15, 0.2) is 0 Å². The standard InChI is InChI=1S/C14H20N2O4/c1-4-20-12-7-5-6-11(8-12)15-9-13(14(18)19-3)16-10(2)17/h5-8,13,15H,4,9H2,1-3H3,(H,16,17). The van der Waals surface area contributed by atoms with Crippen LogP contribution in [0.25, 0.3) is 0 Å². The lowest BCUT2D eigenvalue weighted by molar-refractivity contribution is -0.144. The Hall–Kier alpha value is -2.24.